The average molecular weight is 402 g/mol. The fourth-order valence-electron chi connectivity index (χ4n) is 3.37. The van der Waals surface area contributed by atoms with Crippen LogP contribution in [0.25, 0.3) is 22.2 Å². The minimum Gasteiger partial charge on any atom is -0.352 e. The van der Waals surface area contributed by atoms with Crippen molar-refractivity contribution in [2.45, 2.75) is 45.5 Å². The van der Waals surface area contributed by atoms with E-state index in [1.54, 1.807) is 41.9 Å². The van der Waals surface area contributed by atoms with Crippen LogP contribution in [0, 0.1) is 5.92 Å². The molecular formula is C21H21F3N4O. The second-order valence-corrected chi connectivity index (χ2v) is 7.40. The van der Waals surface area contributed by atoms with E-state index >= 15 is 0 Å². The SMILES string of the molecule is CCC(=O)NCc1ccc(-c2ccc3c(nnn3CC3CC3)c2C(F)(F)F)cc1. The molecule has 0 atom stereocenters. The minimum absolute atomic E-state index is 0.0758. The van der Waals surface area contributed by atoms with Crippen molar-refractivity contribution < 1.29 is 18.0 Å². The van der Waals surface area contributed by atoms with Crippen LogP contribution in [0.15, 0.2) is 36.4 Å². The van der Waals surface area contributed by atoms with Crippen LogP contribution >= 0.6 is 0 Å². The molecule has 3 aromatic rings. The van der Waals surface area contributed by atoms with Crippen molar-refractivity contribution in [3.63, 3.8) is 0 Å². The number of halogens is 3. The first kappa shape index (κ1) is 19.4. The van der Waals surface area contributed by atoms with Gasteiger partial charge < -0.3 is 5.32 Å². The summed E-state index contributed by atoms with van der Waals surface area (Å²) in [5, 5.41) is 10.6. The summed E-state index contributed by atoms with van der Waals surface area (Å²) in [6.07, 6.45) is -2.01. The van der Waals surface area contributed by atoms with Gasteiger partial charge in [-0.15, -0.1) is 5.10 Å². The lowest BCUT2D eigenvalue weighted by Crippen LogP contribution is -2.21. The lowest BCUT2D eigenvalue weighted by molar-refractivity contribution is -0.136. The minimum atomic E-state index is -4.55. The van der Waals surface area contributed by atoms with E-state index in [-0.39, 0.29) is 17.0 Å². The number of nitrogens with zero attached hydrogens (tertiary/aromatic N) is 3. The molecule has 1 aromatic heterocycles. The first-order chi connectivity index (χ1) is 13.9. The lowest BCUT2D eigenvalue weighted by Gasteiger charge is -2.14. The molecule has 0 radical (unpaired) electrons. The highest BCUT2D eigenvalue weighted by Gasteiger charge is 2.38. The van der Waals surface area contributed by atoms with E-state index in [0.29, 0.717) is 36.5 Å². The number of rotatable bonds is 6. The van der Waals surface area contributed by atoms with Crippen molar-refractivity contribution in [2.24, 2.45) is 5.92 Å². The maximum atomic E-state index is 14.0. The monoisotopic (exact) mass is 402 g/mol. The summed E-state index contributed by atoms with van der Waals surface area (Å²) < 4.78 is 43.4. The smallest absolute Gasteiger partial charge is 0.352 e. The van der Waals surface area contributed by atoms with Crippen molar-refractivity contribution in [3.8, 4) is 11.1 Å². The van der Waals surface area contributed by atoms with Crippen molar-refractivity contribution in [2.75, 3.05) is 0 Å². The van der Waals surface area contributed by atoms with Gasteiger partial charge in [-0.3, -0.25) is 4.79 Å². The predicted octanol–water partition coefficient (Wildman–Crippen LogP) is 4.55. The molecular weight excluding hydrogens is 381 g/mol. The largest absolute Gasteiger partial charge is 0.419 e. The molecule has 1 fully saturated rings. The Labute approximate surface area is 165 Å². The number of alkyl halides is 3. The van der Waals surface area contributed by atoms with E-state index in [9.17, 15) is 18.0 Å². The number of fused-ring (bicyclic) bond motifs is 1. The number of carbonyl (C=O) groups excluding carboxylic acids is 1. The fraction of sp³-hybridized carbons (Fsp3) is 0.381. The number of aromatic nitrogens is 3. The maximum absolute atomic E-state index is 14.0. The molecule has 1 aliphatic rings. The van der Waals surface area contributed by atoms with Gasteiger partial charge in [0.25, 0.3) is 0 Å². The third kappa shape index (κ3) is 4.11. The molecule has 0 aliphatic heterocycles. The van der Waals surface area contributed by atoms with Crippen LogP contribution in [0.3, 0.4) is 0 Å². The number of amides is 1. The van der Waals surface area contributed by atoms with Crippen LogP contribution in [-0.2, 0) is 24.1 Å². The average Bonchev–Trinajstić information content (AvgIpc) is 3.43. The number of nitrogens with one attached hydrogen (secondary N) is 1. The Balaban J connectivity index is 1.70. The highest BCUT2D eigenvalue weighted by molar-refractivity contribution is 5.87. The normalized spacial score (nSPS) is 14.3. The summed E-state index contributed by atoms with van der Waals surface area (Å²) in [6.45, 7) is 2.70. The Bertz CT molecular complexity index is 1040. The van der Waals surface area contributed by atoms with Gasteiger partial charge >= 0.3 is 6.18 Å². The number of hydrogen-bond acceptors (Lipinski definition) is 3. The van der Waals surface area contributed by atoms with Gasteiger partial charge in [0.05, 0.1) is 11.1 Å². The zero-order chi connectivity index (χ0) is 20.6. The highest BCUT2D eigenvalue weighted by Crippen LogP contribution is 2.41. The summed E-state index contributed by atoms with van der Waals surface area (Å²) in [5.41, 5.74) is 0.876. The van der Waals surface area contributed by atoms with Crippen LogP contribution < -0.4 is 5.32 Å². The molecule has 4 rings (SSSR count). The Hall–Kier alpha value is -2.90. The zero-order valence-electron chi connectivity index (χ0n) is 16.0. The van der Waals surface area contributed by atoms with Gasteiger partial charge in [0.15, 0.2) is 0 Å². The molecule has 5 nitrogen and oxygen atoms in total. The molecule has 2 aromatic carbocycles. The molecule has 29 heavy (non-hydrogen) atoms. The molecule has 1 N–H and O–H groups in total. The number of benzene rings is 2. The van der Waals surface area contributed by atoms with Crippen LogP contribution in [0.1, 0.15) is 37.3 Å². The Morgan fingerprint density at radius 2 is 1.90 bits per heavy atom. The molecule has 152 valence electrons. The van der Waals surface area contributed by atoms with Gasteiger partial charge in [0.2, 0.25) is 5.91 Å². The summed E-state index contributed by atoms with van der Waals surface area (Å²) in [6, 6.07) is 9.87. The second kappa shape index (κ2) is 7.50. The van der Waals surface area contributed by atoms with Crippen molar-refractivity contribution >= 4 is 16.9 Å². The summed E-state index contributed by atoms with van der Waals surface area (Å²) in [5.74, 6) is 0.405. The first-order valence-electron chi connectivity index (χ1n) is 9.66. The molecule has 0 bridgehead atoms. The lowest BCUT2D eigenvalue weighted by atomic mass is 9.97. The van der Waals surface area contributed by atoms with Crippen molar-refractivity contribution in [1.82, 2.24) is 20.3 Å². The van der Waals surface area contributed by atoms with E-state index in [4.69, 9.17) is 0 Å². The van der Waals surface area contributed by atoms with Gasteiger partial charge in [-0.2, -0.15) is 13.2 Å². The molecule has 0 spiro atoms. The van der Waals surface area contributed by atoms with Gasteiger partial charge in [-0.1, -0.05) is 42.5 Å². The zero-order valence-corrected chi connectivity index (χ0v) is 16.0. The highest BCUT2D eigenvalue weighted by atomic mass is 19.4. The van der Waals surface area contributed by atoms with Crippen molar-refractivity contribution in [1.29, 1.82) is 0 Å². The van der Waals surface area contributed by atoms with Gasteiger partial charge in [0, 0.05) is 19.5 Å². The second-order valence-electron chi connectivity index (χ2n) is 7.40. The van der Waals surface area contributed by atoms with E-state index in [0.717, 1.165) is 18.4 Å². The van der Waals surface area contributed by atoms with Crippen LogP contribution in [0.5, 0.6) is 0 Å². The first-order valence-corrected chi connectivity index (χ1v) is 9.66. The fourth-order valence-corrected chi connectivity index (χ4v) is 3.37. The molecule has 0 unspecified atom stereocenters. The summed E-state index contributed by atoms with van der Waals surface area (Å²) in [4.78, 5) is 11.4. The topological polar surface area (TPSA) is 59.8 Å². The van der Waals surface area contributed by atoms with Gasteiger partial charge in [0.1, 0.15) is 5.52 Å². The molecule has 1 heterocycles. The Kier molecular flexibility index (Phi) is 5.02. The Morgan fingerprint density at radius 1 is 1.17 bits per heavy atom. The quantitative estimate of drug-likeness (QED) is 0.658. The standard InChI is InChI=1S/C21H21F3N4O/c1-2-18(29)25-11-13-5-7-15(8-6-13)16-9-10-17-20(19(16)21(22,23)24)26-27-28(17)12-14-3-4-14/h5-10,14H,2-4,11-12H2,1H3,(H,25,29). The van der Waals surface area contributed by atoms with E-state index < -0.39 is 11.7 Å². The van der Waals surface area contributed by atoms with Gasteiger partial charge in [-0.05, 0) is 41.5 Å². The van der Waals surface area contributed by atoms with E-state index in [1.807, 2.05) is 0 Å². The molecule has 1 amide bonds. The van der Waals surface area contributed by atoms with E-state index in [2.05, 4.69) is 15.6 Å². The van der Waals surface area contributed by atoms with Gasteiger partial charge in [-0.25, -0.2) is 4.68 Å². The summed E-state index contributed by atoms with van der Waals surface area (Å²) in [7, 11) is 0. The summed E-state index contributed by atoms with van der Waals surface area (Å²) >= 11 is 0. The molecule has 1 saturated carbocycles. The Morgan fingerprint density at radius 3 is 2.52 bits per heavy atom. The van der Waals surface area contributed by atoms with Crippen molar-refractivity contribution in [3.05, 3.63) is 47.5 Å². The maximum Gasteiger partial charge on any atom is 0.419 e. The van der Waals surface area contributed by atoms with Crippen LogP contribution in [0.4, 0.5) is 13.2 Å². The van der Waals surface area contributed by atoms with Crippen LogP contribution in [-0.4, -0.2) is 20.9 Å². The molecule has 8 heteroatoms. The van der Waals surface area contributed by atoms with Crippen LogP contribution in [0.2, 0.25) is 0 Å². The molecule has 0 saturated heterocycles. The third-order valence-corrected chi connectivity index (χ3v) is 5.17. The third-order valence-electron chi connectivity index (χ3n) is 5.17. The van der Waals surface area contributed by atoms with E-state index in [1.165, 1.54) is 6.07 Å². The number of hydrogen-bond donors (Lipinski definition) is 1. The predicted molar refractivity (Wildman–Crippen MR) is 103 cm³/mol. The molecule has 1 aliphatic carbocycles. The number of carbonyl (C=O) groups is 1.